The molecule has 1 aliphatic rings. The van der Waals surface area contributed by atoms with E-state index in [1.807, 2.05) is 18.2 Å². The highest BCUT2D eigenvalue weighted by atomic mass is 19.1. The number of nitrogens with zero attached hydrogens (tertiary/aromatic N) is 1. The average Bonchev–Trinajstić information content (AvgIpc) is 2.77. The van der Waals surface area contributed by atoms with Gasteiger partial charge in [-0.25, -0.2) is 4.39 Å². The summed E-state index contributed by atoms with van der Waals surface area (Å²) in [5.74, 6) is -1.38. The lowest BCUT2D eigenvalue weighted by molar-refractivity contribution is -0.143. The van der Waals surface area contributed by atoms with Crippen LogP contribution in [0.3, 0.4) is 0 Å². The molecule has 1 N–H and O–H groups in total. The molecule has 0 spiro atoms. The van der Waals surface area contributed by atoms with Gasteiger partial charge < -0.3 is 5.11 Å². The maximum atomic E-state index is 13.5. The van der Waals surface area contributed by atoms with E-state index in [0.29, 0.717) is 13.0 Å². The molecule has 1 aliphatic heterocycles. The number of rotatable bonds is 5. The molecule has 2 atom stereocenters. The molecular formula is C25H24FNO2. The monoisotopic (exact) mass is 389 g/mol. The molecule has 0 amide bonds. The summed E-state index contributed by atoms with van der Waals surface area (Å²) in [5.41, 5.74) is 4.35. The fourth-order valence-corrected chi connectivity index (χ4v) is 4.19. The highest BCUT2D eigenvalue weighted by Crippen LogP contribution is 2.34. The second-order valence-corrected chi connectivity index (χ2v) is 7.61. The van der Waals surface area contributed by atoms with Crippen LogP contribution >= 0.6 is 0 Å². The summed E-state index contributed by atoms with van der Waals surface area (Å²) in [6.45, 7) is 1.32. The second kappa shape index (κ2) is 8.58. The predicted molar refractivity (Wildman–Crippen MR) is 112 cm³/mol. The minimum Gasteiger partial charge on any atom is -0.481 e. The molecule has 0 bridgehead atoms. The predicted octanol–water partition coefficient (Wildman–Crippen LogP) is 5.38. The summed E-state index contributed by atoms with van der Waals surface area (Å²) in [4.78, 5) is 13.8. The summed E-state index contributed by atoms with van der Waals surface area (Å²) in [5, 5.41) is 9.50. The number of halogens is 1. The van der Waals surface area contributed by atoms with Crippen molar-refractivity contribution in [1.29, 1.82) is 0 Å². The van der Waals surface area contributed by atoms with E-state index in [1.165, 1.54) is 12.1 Å². The molecule has 4 rings (SSSR count). The fraction of sp³-hybridized carbons (Fsp3) is 0.240. The van der Waals surface area contributed by atoms with Crippen molar-refractivity contribution < 1.29 is 14.3 Å². The lowest BCUT2D eigenvalue weighted by atomic mass is 9.90. The first-order chi connectivity index (χ1) is 14.1. The van der Waals surface area contributed by atoms with Crippen LogP contribution in [0.2, 0.25) is 0 Å². The molecule has 1 heterocycles. The molecular weight excluding hydrogens is 365 g/mol. The first-order valence-electron chi connectivity index (χ1n) is 9.99. The van der Waals surface area contributed by atoms with Crippen LogP contribution in [0.15, 0.2) is 78.9 Å². The first-order valence-corrected chi connectivity index (χ1v) is 9.99. The van der Waals surface area contributed by atoms with Crippen molar-refractivity contribution in [3.05, 3.63) is 95.8 Å². The highest BCUT2D eigenvalue weighted by Gasteiger charge is 2.31. The van der Waals surface area contributed by atoms with Crippen LogP contribution in [-0.4, -0.2) is 29.1 Å². The van der Waals surface area contributed by atoms with E-state index in [1.54, 1.807) is 12.1 Å². The number of hydrogen-bond acceptors (Lipinski definition) is 2. The largest absolute Gasteiger partial charge is 0.481 e. The van der Waals surface area contributed by atoms with Crippen LogP contribution < -0.4 is 0 Å². The van der Waals surface area contributed by atoms with Gasteiger partial charge in [0.1, 0.15) is 5.82 Å². The Labute approximate surface area is 170 Å². The third kappa shape index (κ3) is 4.38. The molecule has 0 aromatic heterocycles. The van der Waals surface area contributed by atoms with Crippen LogP contribution in [0.4, 0.5) is 4.39 Å². The van der Waals surface area contributed by atoms with Gasteiger partial charge in [0.05, 0.1) is 12.0 Å². The topological polar surface area (TPSA) is 40.5 Å². The zero-order chi connectivity index (χ0) is 20.2. The number of carboxylic acid groups (broad SMARTS) is 1. The Morgan fingerprint density at radius 2 is 1.48 bits per heavy atom. The van der Waals surface area contributed by atoms with E-state index in [2.05, 4.69) is 41.3 Å². The third-order valence-electron chi connectivity index (χ3n) is 5.69. The van der Waals surface area contributed by atoms with Crippen LogP contribution in [0.25, 0.3) is 11.1 Å². The SMILES string of the molecule is O=C(O)C1CCCN(C(c2ccc(F)cc2)c2ccc(-c3ccccc3)cc2)C1. The minimum absolute atomic E-state index is 0.0948. The Morgan fingerprint density at radius 1 is 0.897 bits per heavy atom. The first kappa shape index (κ1) is 19.3. The van der Waals surface area contributed by atoms with Crippen LogP contribution in [0.5, 0.6) is 0 Å². The molecule has 3 nitrogen and oxygen atoms in total. The lowest BCUT2D eigenvalue weighted by Crippen LogP contribution is -2.41. The maximum Gasteiger partial charge on any atom is 0.307 e. The summed E-state index contributed by atoms with van der Waals surface area (Å²) >= 11 is 0. The Kier molecular flexibility index (Phi) is 5.72. The van der Waals surface area contributed by atoms with Crippen molar-refractivity contribution >= 4 is 5.97 Å². The fourth-order valence-electron chi connectivity index (χ4n) is 4.19. The number of aliphatic carboxylic acids is 1. The zero-order valence-electron chi connectivity index (χ0n) is 16.2. The number of piperidine rings is 1. The van der Waals surface area contributed by atoms with Crippen LogP contribution in [0.1, 0.15) is 30.0 Å². The third-order valence-corrected chi connectivity index (χ3v) is 5.69. The Balaban J connectivity index is 1.68. The molecule has 4 heteroatoms. The quantitative estimate of drug-likeness (QED) is 0.637. The summed E-state index contributed by atoms with van der Waals surface area (Å²) < 4.78 is 13.5. The van der Waals surface area contributed by atoms with Gasteiger partial charge >= 0.3 is 5.97 Å². The molecule has 0 saturated carbocycles. The Bertz CT molecular complexity index is 954. The lowest BCUT2D eigenvalue weighted by Gasteiger charge is -2.37. The molecule has 3 aromatic rings. The number of carbonyl (C=O) groups is 1. The summed E-state index contributed by atoms with van der Waals surface area (Å²) in [6, 6.07) is 25.0. The van der Waals surface area contributed by atoms with Gasteiger partial charge in [0.2, 0.25) is 0 Å². The van der Waals surface area contributed by atoms with Crippen molar-refractivity contribution in [2.24, 2.45) is 5.92 Å². The van der Waals surface area contributed by atoms with Crippen molar-refractivity contribution in [2.45, 2.75) is 18.9 Å². The van der Waals surface area contributed by atoms with E-state index in [4.69, 9.17) is 0 Å². The maximum absolute atomic E-state index is 13.5. The molecule has 0 aliphatic carbocycles. The van der Waals surface area contributed by atoms with Gasteiger partial charge in [-0.15, -0.1) is 0 Å². The second-order valence-electron chi connectivity index (χ2n) is 7.61. The standard InChI is InChI=1S/C25H24FNO2/c26-23-14-12-21(13-15-23)24(27-16-4-7-22(17-27)25(28)29)20-10-8-19(9-11-20)18-5-2-1-3-6-18/h1-3,5-6,8-15,22,24H,4,7,16-17H2,(H,28,29). The molecule has 3 aromatic carbocycles. The van der Waals surface area contributed by atoms with E-state index in [0.717, 1.165) is 35.2 Å². The molecule has 0 radical (unpaired) electrons. The number of likely N-dealkylation sites (tertiary alicyclic amines) is 1. The van der Waals surface area contributed by atoms with Gasteiger partial charge in [-0.05, 0) is 53.8 Å². The minimum atomic E-state index is -0.744. The molecule has 1 fully saturated rings. The van der Waals surface area contributed by atoms with Gasteiger partial charge in [0.25, 0.3) is 0 Å². The van der Waals surface area contributed by atoms with E-state index in [9.17, 15) is 14.3 Å². The van der Waals surface area contributed by atoms with Crippen LogP contribution in [0, 0.1) is 11.7 Å². The number of carboxylic acids is 1. The van der Waals surface area contributed by atoms with Crippen molar-refractivity contribution in [1.82, 2.24) is 4.90 Å². The average molecular weight is 389 g/mol. The molecule has 29 heavy (non-hydrogen) atoms. The molecule has 2 unspecified atom stereocenters. The van der Waals surface area contributed by atoms with Crippen molar-refractivity contribution in [2.75, 3.05) is 13.1 Å². The summed E-state index contributed by atoms with van der Waals surface area (Å²) in [6.07, 6.45) is 1.55. The van der Waals surface area contributed by atoms with E-state index in [-0.39, 0.29) is 17.8 Å². The van der Waals surface area contributed by atoms with Gasteiger partial charge in [-0.3, -0.25) is 9.69 Å². The van der Waals surface area contributed by atoms with Gasteiger partial charge in [-0.2, -0.15) is 0 Å². The van der Waals surface area contributed by atoms with Crippen LogP contribution in [-0.2, 0) is 4.79 Å². The number of benzene rings is 3. The van der Waals surface area contributed by atoms with E-state index >= 15 is 0 Å². The number of hydrogen-bond donors (Lipinski definition) is 1. The van der Waals surface area contributed by atoms with E-state index < -0.39 is 5.97 Å². The normalized spacial score (nSPS) is 18.3. The summed E-state index contributed by atoms with van der Waals surface area (Å²) in [7, 11) is 0. The molecule has 148 valence electrons. The Hall–Kier alpha value is -2.98. The highest BCUT2D eigenvalue weighted by molar-refractivity contribution is 5.70. The van der Waals surface area contributed by atoms with Gasteiger partial charge in [0, 0.05) is 6.54 Å². The van der Waals surface area contributed by atoms with Crippen molar-refractivity contribution in [3.8, 4) is 11.1 Å². The van der Waals surface area contributed by atoms with Gasteiger partial charge in [-0.1, -0.05) is 66.7 Å². The van der Waals surface area contributed by atoms with Gasteiger partial charge in [0.15, 0.2) is 0 Å². The zero-order valence-corrected chi connectivity index (χ0v) is 16.2. The smallest absolute Gasteiger partial charge is 0.307 e. The Morgan fingerprint density at radius 3 is 2.10 bits per heavy atom. The molecule has 1 saturated heterocycles. The van der Waals surface area contributed by atoms with Crippen molar-refractivity contribution in [3.63, 3.8) is 0 Å².